The average molecular weight is 493 g/mol. The minimum absolute atomic E-state index is 0.419. The second kappa shape index (κ2) is 10.5. The average Bonchev–Trinajstić information content (AvgIpc) is 3.17. The molecule has 0 aliphatic carbocycles. The van der Waals surface area contributed by atoms with Crippen LogP contribution in [0.4, 0.5) is 0 Å². The molecule has 0 unspecified atom stereocenters. The minimum atomic E-state index is 0.419. The van der Waals surface area contributed by atoms with Crippen molar-refractivity contribution in [1.82, 2.24) is 0 Å². The molecule has 4 rings (SSSR count). The van der Waals surface area contributed by atoms with Crippen LogP contribution in [0.3, 0.4) is 0 Å². The molecule has 1 aliphatic rings. The first kappa shape index (κ1) is 27.8. The quantitative estimate of drug-likeness (QED) is 0.288. The zero-order valence-electron chi connectivity index (χ0n) is 25.6. The van der Waals surface area contributed by atoms with Gasteiger partial charge in [-0.2, -0.15) is 0 Å². The maximum atomic E-state index is 2.55. The van der Waals surface area contributed by atoms with Crippen molar-refractivity contribution in [2.75, 3.05) is 0 Å². The van der Waals surface area contributed by atoms with E-state index >= 15 is 0 Å². The van der Waals surface area contributed by atoms with E-state index in [1.165, 1.54) is 50.1 Å². The van der Waals surface area contributed by atoms with Gasteiger partial charge in [-0.3, -0.25) is 0 Å². The maximum Gasteiger partial charge on any atom is 0.214 e. The van der Waals surface area contributed by atoms with Crippen LogP contribution in [-0.4, -0.2) is 6.71 Å². The molecule has 0 amide bonds. The molecule has 1 heteroatoms. The molecule has 0 N–H and O–H groups in total. The second-order valence-corrected chi connectivity index (χ2v) is 13.4. The molecule has 0 radical (unpaired) electrons. The first-order valence-corrected chi connectivity index (χ1v) is 14.8. The standard InChI is InChI=1S/C36H49B/c1-20(2)26-16-30(22(5)6)34(31(17-26)23(7)8)28-14-13-15-29-35-32(24(9)10)18-27(21(3)4)19-33(35)37(25(11)12)36(28)29/h13-25H,1-12H3. The molecular weight excluding hydrogens is 443 g/mol. The fourth-order valence-corrected chi connectivity index (χ4v) is 6.51. The minimum Gasteiger partial charge on any atom is -0.0687 e. The van der Waals surface area contributed by atoms with E-state index in [1.54, 1.807) is 10.9 Å². The van der Waals surface area contributed by atoms with Crippen LogP contribution in [0.25, 0.3) is 22.3 Å². The van der Waals surface area contributed by atoms with Crippen molar-refractivity contribution in [3.8, 4) is 22.3 Å². The number of hydrogen-bond acceptors (Lipinski definition) is 0. The van der Waals surface area contributed by atoms with Gasteiger partial charge in [-0.05, 0) is 79.7 Å². The molecule has 0 fully saturated rings. The van der Waals surface area contributed by atoms with Crippen LogP contribution in [0.15, 0.2) is 42.5 Å². The third-order valence-electron chi connectivity index (χ3n) is 8.60. The van der Waals surface area contributed by atoms with Crippen LogP contribution in [-0.2, 0) is 0 Å². The van der Waals surface area contributed by atoms with Gasteiger partial charge in [-0.25, -0.2) is 0 Å². The number of rotatable bonds is 7. The number of hydrogen-bond donors (Lipinski definition) is 0. The van der Waals surface area contributed by atoms with Crippen molar-refractivity contribution < 1.29 is 0 Å². The van der Waals surface area contributed by atoms with E-state index < -0.39 is 0 Å². The van der Waals surface area contributed by atoms with Crippen molar-refractivity contribution in [2.24, 2.45) is 0 Å². The summed E-state index contributed by atoms with van der Waals surface area (Å²) in [5.74, 6) is 3.04. The molecule has 0 bridgehead atoms. The molecule has 0 saturated heterocycles. The summed E-state index contributed by atoms with van der Waals surface area (Å²) in [4.78, 5) is 0. The topological polar surface area (TPSA) is 0 Å². The molecule has 0 aromatic heterocycles. The van der Waals surface area contributed by atoms with Gasteiger partial charge in [-0.1, -0.05) is 142 Å². The molecular formula is C36H49B. The van der Waals surface area contributed by atoms with Gasteiger partial charge in [-0.15, -0.1) is 0 Å². The van der Waals surface area contributed by atoms with Crippen molar-refractivity contribution >= 4 is 17.6 Å². The molecule has 37 heavy (non-hydrogen) atoms. The zero-order valence-corrected chi connectivity index (χ0v) is 25.6. The highest BCUT2D eigenvalue weighted by molar-refractivity contribution is 6.91. The first-order valence-electron chi connectivity index (χ1n) is 14.8. The van der Waals surface area contributed by atoms with Crippen molar-refractivity contribution in [1.29, 1.82) is 0 Å². The van der Waals surface area contributed by atoms with Crippen LogP contribution in [0, 0.1) is 0 Å². The van der Waals surface area contributed by atoms with Gasteiger partial charge in [0.15, 0.2) is 0 Å². The Morgan fingerprint density at radius 1 is 0.486 bits per heavy atom. The second-order valence-electron chi connectivity index (χ2n) is 13.4. The maximum absolute atomic E-state index is 2.55. The van der Waals surface area contributed by atoms with E-state index in [4.69, 9.17) is 0 Å². The Hall–Kier alpha value is -2.28. The van der Waals surface area contributed by atoms with Gasteiger partial charge in [0.25, 0.3) is 0 Å². The summed E-state index contributed by atoms with van der Waals surface area (Å²) >= 11 is 0. The Kier molecular flexibility index (Phi) is 7.86. The normalized spacial score (nSPS) is 13.2. The molecule has 0 atom stereocenters. The third kappa shape index (κ3) is 4.84. The fourth-order valence-electron chi connectivity index (χ4n) is 6.51. The summed E-state index contributed by atoms with van der Waals surface area (Å²) in [6.07, 6.45) is 0. The van der Waals surface area contributed by atoms with Crippen LogP contribution < -0.4 is 10.9 Å². The summed E-state index contributed by atoms with van der Waals surface area (Å²) in [6.45, 7) is 28.8. The summed E-state index contributed by atoms with van der Waals surface area (Å²) in [7, 11) is 0. The van der Waals surface area contributed by atoms with Gasteiger partial charge < -0.3 is 0 Å². The van der Waals surface area contributed by atoms with Crippen molar-refractivity contribution in [3.05, 3.63) is 70.3 Å². The zero-order chi connectivity index (χ0) is 27.3. The van der Waals surface area contributed by atoms with E-state index in [9.17, 15) is 0 Å². The highest BCUT2D eigenvalue weighted by Gasteiger charge is 2.39. The smallest absolute Gasteiger partial charge is 0.0687 e. The third-order valence-corrected chi connectivity index (χ3v) is 8.60. The van der Waals surface area contributed by atoms with Crippen molar-refractivity contribution in [3.63, 3.8) is 0 Å². The largest absolute Gasteiger partial charge is 0.214 e. The lowest BCUT2D eigenvalue weighted by molar-refractivity contribution is 0.808. The summed E-state index contributed by atoms with van der Waals surface area (Å²) in [6, 6.07) is 17.2. The highest BCUT2D eigenvalue weighted by Crippen LogP contribution is 2.43. The van der Waals surface area contributed by atoms with Gasteiger partial charge in [0, 0.05) is 0 Å². The SMILES string of the molecule is CC(C)B1c2cc(C(C)C)cc(C(C)C)c2-c2cccc(-c3c(C(C)C)cc(C(C)C)cc3C(C)C)c21. The lowest BCUT2D eigenvalue weighted by atomic mass is 9.35. The van der Waals surface area contributed by atoms with Gasteiger partial charge in [0.1, 0.15) is 0 Å². The lowest BCUT2D eigenvalue weighted by Crippen LogP contribution is -2.42. The van der Waals surface area contributed by atoms with Gasteiger partial charge in [0.2, 0.25) is 6.71 Å². The van der Waals surface area contributed by atoms with Crippen LogP contribution in [0.5, 0.6) is 0 Å². The number of fused-ring (bicyclic) bond motifs is 3. The molecule has 1 heterocycles. The Labute approximate surface area is 228 Å². The summed E-state index contributed by atoms with van der Waals surface area (Å²) in [5.41, 5.74) is 16.6. The van der Waals surface area contributed by atoms with Crippen LogP contribution in [0.1, 0.15) is 140 Å². The van der Waals surface area contributed by atoms with Crippen molar-refractivity contribution in [2.45, 2.75) is 118 Å². The van der Waals surface area contributed by atoms with Gasteiger partial charge in [0.05, 0.1) is 0 Å². The van der Waals surface area contributed by atoms with Crippen LogP contribution in [0.2, 0.25) is 5.82 Å². The monoisotopic (exact) mass is 492 g/mol. The Morgan fingerprint density at radius 2 is 0.892 bits per heavy atom. The molecule has 0 nitrogen and oxygen atoms in total. The van der Waals surface area contributed by atoms with E-state index in [0.29, 0.717) is 42.1 Å². The Balaban J connectivity index is 2.13. The molecule has 0 spiro atoms. The molecule has 0 saturated carbocycles. The first-order chi connectivity index (χ1) is 17.3. The summed E-state index contributed by atoms with van der Waals surface area (Å²) < 4.78 is 0. The Morgan fingerprint density at radius 3 is 1.30 bits per heavy atom. The molecule has 3 aromatic carbocycles. The molecule has 196 valence electrons. The summed E-state index contributed by atoms with van der Waals surface area (Å²) in [5, 5.41) is 0. The van der Waals surface area contributed by atoms with Crippen LogP contribution >= 0.6 is 0 Å². The van der Waals surface area contributed by atoms with Gasteiger partial charge >= 0.3 is 0 Å². The van der Waals surface area contributed by atoms with E-state index in [2.05, 4.69) is 126 Å². The predicted molar refractivity (Wildman–Crippen MR) is 168 cm³/mol. The highest BCUT2D eigenvalue weighted by atomic mass is 14.3. The number of benzene rings is 3. The lowest BCUT2D eigenvalue weighted by Gasteiger charge is -2.26. The van der Waals surface area contributed by atoms with E-state index in [-0.39, 0.29) is 0 Å². The Bertz CT molecular complexity index is 1260. The van der Waals surface area contributed by atoms with E-state index in [0.717, 1.165) is 0 Å². The predicted octanol–water partition coefficient (Wildman–Crippen LogP) is 9.97. The fraction of sp³-hybridized carbons (Fsp3) is 0.500. The molecule has 3 aromatic rings. The van der Waals surface area contributed by atoms with E-state index in [1.807, 2.05) is 0 Å². The molecule has 1 aliphatic heterocycles.